The highest BCUT2D eigenvalue weighted by Crippen LogP contribution is 2.24. The number of nitrogens with zero attached hydrogens (tertiary/aromatic N) is 1. The topological polar surface area (TPSA) is 12.5 Å². The van der Waals surface area contributed by atoms with Crippen LogP contribution in [0.15, 0.2) is 0 Å². The minimum Gasteiger partial charge on any atom is -0.372 e. The van der Waals surface area contributed by atoms with E-state index in [1.807, 2.05) is 13.8 Å². The predicted molar refractivity (Wildman–Crippen MR) is 62.7 cm³/mol. The van der Waals surface area contributed by atoms with Crippen molar-refractivity contribution in [1.82, 2.24) is 4.90 Å². The molecule has 0 radical (unpaired) electrons. The van der Waals surface area contributed by atoms with Crippen molar-refractivity contribution in [2.24, 2.45) is 0 Å². The quantitative estimate of drug-likeness (QED) is 0.696. The van der Waals surface area contributed by atoms with Crippen LogP contribution in [0.25, 0.3) is 0 Å². The maximum Gasteiger partial charge on any atom is 0.0804 e. The Morgan fingerprint density at radius 2 is 1.71 bits per heavy atom. The summed E-state index contributed by atoms with van der Waals surface area (Å²) < 4.78 is 5.85. The highest BCUT2D eigenvalue weighted by atomic mass is 16.5. The summed E-state index contributed by atoms with van der Waals surface area (Å²) in [5, 5.41) is 0. The lowest BCUT2D eigenvalue weighted by molar-refractivity contribution is -0.112. The largest absolute Gasteiger partial charge is 0.372 e. The second-order valence-electron chi connectivity index (χ2n) is 3.61. The van der Waals surface area contributed by atoms with Crippen LogP contribution in [0.3, 0.4) is 0 Å². The van der Waals surface area contributed by atoms with E-state index in [2.05, 4.69) is 25.7 Å². The molecule has 86 valence electrons. The molecule has 0 amide bonds. The minimum absolute atomic E-state index is 0.161. The van der Waals surface area contributed by atoms with Gasteiger partial charge >= 0.3 is 0 Å². The van der Waals surface area contributed by atoms with Crippen LogP contribution >= 0.6 is 0 Å². The molecular formula is C12H27NO. The maximum atomic E-state index is 5.85. The highest BCUT2D eigenvalue weighted by Gasteiger charge is 2.32. The standard InChI is InChI=1S/C10H21NO.C2H6/c1-4-10(5-2)9-11(6-3)7-8-12-10;1-2/h4-9H2,1-3H3;1-2H3. The molecule has 0 unspecified atom stereocenters. The lowest BCUT2D eigenvalue weighted by Gasteiger charge is -2.41. The summed E-state index contributed by atoms with van der Waals surface area (Å²) >= 11 is 0. The number of ether oxygens (including phenoxy) is 1. The van der Waals surface area contributed by atoms with E-state index in [0.717, 1.165) is 39.1 Å². The van der Waals surface area contributed by atoms with E-state index in [4.69, 9.17) is 4.74 Å². The molecule has 0 N–H and O–H groups in total. The molecular weight excluding hydrogens is 174 g/mol. The van der Waals surface area contributed by atoms with Crippen LogP contribution in [-0.4, -0.2) is 36.7 Å². The summed E-state index contributed by atoms with van der Waals surface area (Å²) in [5.74, 6) is 0. The molecule has 2 heteroatoms. The first-order valence-corrected chi connectivity index (χ1v) is 6.12. The predicted octanol–water partition coefficient (Wildman–Crippen LogP) is 2.92. The smallest absolute Gasteiger partial charge is 0.0804 e. The summed E-state index contributed by atoms with van der Waals surface area (Å²) in [7, 11) is 0. The normalized spacial score (nSPS) is 21.2. The van der Waals surface area contributed by atoms with E-state index in [1.54, 1.807) is 0 Å². The second-order valence-corrected chi connectivity index (χ2v) is 3.61. The number of morpholine rings is 1. The zero-order valence-electron chi connectivity index (χ0n) is 10.6. The molecule has 0 saturated carbocycles. The van der Waals surface area contributed by atoms with Crippen molar-refractivity contribution in [3.8, 4) is 0 Å². The number of likely N-dealkylation sites (N-methyl/N-ethyl adjacent to an activating group) is 1. The van der Waals surface area contributed by atoms with E-state index in [9.17, 15) is 0 Å². The van der Waals surface area contributed by atoms with Crippen molar-refractivity contribution in [3.63, 3.8) is 0 Å². The van der Waals surface area contributed by atoms with Gasteiger partial charge in [0.1, 0.15) is 0 Å². The van der Waals surface area contributed by atoms with Crippen LogP contribution in [0.1, 0.15) is 47.5 Å². The van der Waals surface area contributed by atoms with E-state index in [-0.39, 0.29) is 5.60 Å². The Labute approximate surface area is 89.6 Å². The zero-order chi connectivity index (χ0) is 11.0. The average Bonchev–Trinajstić information content (AvgIpc) is 2.31. The molecule has 0 aromatic heterocycles. The SMILES string of the molecule is CC.CCN1CCOC(CC)(CC)C1. The summed E-state index contributed by atoms with van der Waals surface area (Å²) in [6.45, 7) is 15.0. The first-order chi connectivity index (χ1) is 6.76. The number of rotatable bonds is 3. The Morgan fingerprint density at radius 3 is 2.14 bits per heavy atom. The first kappa shape index (κ1) is 13.9. The highest BCUT2D eigenvalue weighted by molar-refractivity contribution is 4.84. The van der Waals surface area contributed by atoms with Crippen LogP contribution in [0.5, 0.6) is 0 Å². The summed E-state index contributed by atoms with van der Waals surface area (Å²) in [5.41, 5.74) is 0.161. The van der Waals surface area contributed by atoms with Gasteiger partial charge < -0.3 is 4.74 Å². The molecule has 1 aliphatic rings. The molecule has 0 atom stereocenters. The molecule has 0 aromatic rings. The number of hydrogen-bond donors (Lipinski definition) is 0. The molecule has 1 fully saturated rings. The lowest BCUT2D eigenvalue weighted by Crippen LogP contribution is -2.50. The lowest BCUT2D eigenvalue weighted by atomic mass is 9.95. The van der Waals surface area contributed by atoms with Crippen molar-refractivity contribution in [3.05, 3.63) is 0 Å². The molecule has 1 saturated heterocycles. The van der Waals surface area contributed by atoms with E-state index < -0.39 is 0 Å². The van der Waals surface area contributed by atoms with Crippen LogP contribution < -0.4 is 0 Å². The Morgan fingerprint density at radius 1 is 1.14 bits per heavy atom. The molecule has 0 aliphatic carbocycles. The van der Waals surface area contributed by atoms with Gasteiger partial charge in [0, 0.05) is 13.1 Å². The Kier molecular flexibility index (Phi) is 7.20. The maximum absolute atomic E-state index is 5.85. The number of hydrogen-bond acceptors (Lipinski definition) is 2. The second kappa shape index (κ2) is 7.24. The fourth-order valence-corrected chi connectivity index (χ4v) is 1.87. The van der Waals surface area contributed by atoms with Gasteiger partial charge in [-0.3, -0.25) is 4.90 Å². The van der Waals surface area contributed by atoms with Crippen LogP contribution in [0.2, 0.25) is 0 Å². The Hall–Kier alpha value is -0.0800. The third kappa shape index (κ3) is 3.58. The van der Waals surface area contributed by atoms with E-state index in [1.165, 1.54) is 0 Å². The van der Waals surface area contributed by atoms with Gasteiger partial charge in [-0.2, -0.15) is 0 Å². The van der Waals surface area contributed by atoms with Crippen molar-refractivity contribution in [2.75, 3.05) is 26.2 Å². The van der Waals surface area contributed by atoms with Crippen molar-refractivity contribution >= 4 is 0 Å². The summed E-state index contributed by atoms with van der Waals surface area (Å²) in [6, 6.07) is 0. The molecule has 14 heavy (non-hydrogen) atoms. The van der Waals surface area contributed by atoms with Crippen LogP contribution in [0, 0.1) is 0 Å². The molecule has 2 nitrogen and oxygen atoms in total. The van der Waals surface area contributed by atoms with Crippen molar-refractivity contribution < 1.29 is 4.74 Å². The van der Waals surface area contributed by atoms with E-state index in [0.29, 0.717) is 0 Å². The van der Waals surface area contributed by atoms with E-state index >= 15 is 0 Å². The monoisotopic (exact) mass is 201 g/mol. The van der Waals surface area contributed by atoms with Gasteiger partial charge in [0.05, 0.1) is 12.2 Å². The zero-order valence-corrected chi connectivity index (χ0v) is 10.6. The van der Waals surface area contributed by atoms with Gasteiger partial charge in [-0.15, -0.1) is 0 Å². The Bertz CT molecular complexity index is 132. The molecule has 0 aromatic carbocycles. The average molecular weight is 201 g/mol. The fourth-order valence-electron chi connectivity index (χ4n) is 1.87. The summed E-state index contributed by atoms with van der Waals surface area (Å²) in [4.78, 5) is 2.48. The van der Waals surface area contributed by atoms with Crippen molar-refractivity contribution in [1.29, 1.82) is 0 Å². The third-order valence-electron chi connectivity index (χ3n) is 3.06. The Balaban J connectivity index is 0.000000791. The van der Waals surface area contributed by atoms with Crippen LogP contribution in [-0.2, 0) is 4.74 Å². The van der Waals surface area contributed by atoms with Gasteiger partial charge in [0.2, 0.25) is 0 Å². The summed E-state index contributed by atoms with van der Waals surface area (Å²) in [6.07, 6.45) is 2.28. The third-order valence-corrected chi connectivity index (χ3v) is 3.06. The minimum atomic E-state index is 0.161. The van der Waals surface area contributed by atoms with Crippen molar-refractivity contribution in [2.45, 2.75) is 53.1 Å². The molecule has 0 spiro atoms. The molecule has 1 aliphatic heterocycles. The fraction of sp³-hybridized carbons (Fsp3) is 1.00. The van der Waals surface area contributed by atoms with Gasteiger partial charge in [-0.25, -0.2) is 0 Å². The molecule has 0 bridgehead atoms. The van der Waals surface area contributed by atoms with Gasteiger partial charge in [0.25, 0.3) is 0 Å². The van der Waals surface area contributed by atoms with Gasteiger partial charge in [-0.05, 0) is 19.4 Å². The van der Waals surface area contributed by atoms with Crippen LogP contribution in [0.4, 0.5) is 0 Å². The van der Waals surface area contributed by atoms with Gasteiger partial charge in [-0.1, -0.05) is 34.6 Å². The van der Waals surface area contributed by atoms with Gasteiger partial charge in [0.15, 0.2) is 0 Å². The molecule has 1 rings (SSSR count). The first-order valence-electron chi connectivity index (χ1n) is 6.12. The molecule has 1 heterocycles.